The van der Waals surface area contributed by atoms with Gasteiger partial charge >= 0.3 is 12.1 Å². The first-order chi connectivity index (χ1) is 8.25. The fourth-order valence-electron chi connectivity index (χ4n) is 1.21. The molecule has 1 aliphatic rings. The molecule has 1 heterocycles. The molecule has 4 nitrogen and oxygen atoms in total. The van der Waals surface area contributed by atoms with Crippen molar-refractivity contribution in [3.05, 3.63) is 22.5 Å². The van der Waals surface area contributed by atoms with Crippen molar-refractivity contribution >= 4 is 27.6 Å². The Morgan fingerprint density at radius 2 is 2.11 bits per heavy atom. The molecule has 0 fully saturated rings. The first-order valence-corrected chi connectivity index (χ1v) is 5.56. The van der Waals surface area contributed by atoms with Gasteiger partial charge in [0.05, 0.1) is 13.7 Å². The Morgan fingerprint density at radius 3 is 2.56 bits per heavy atom. The van der Waals surface area contributed by atoms with Gasteiger partial charge in [-0.3, -0.25) is 0 Å². The topological polar surface area (TPSA) is 41.9 Å². The number of nitrogens with zero attached hydrogens (tertiary/aromatic N) is 2. The smallest absolute Gasteiger partial charge is 0.440 e. The average molecular weight is 327 g/mol. The van der Waals surface area contributed by atoms with Gasteiger partial charge < -0.3 is 9.64 Å². The molecule has 0 aliphatic carbocycles. The molecule has 0 amide bonds. The number of alkyl halides is 3. The minimum atomic E-state index is -4.85. The van der Waals surface area contributed by atoms with Gasteiger partial charge in [0.1, 0.15) is 5.82 Å². The summed E-state index contributed by atoms with van der Waals surface area (Å²) in [7, 11) is 2.44. The highest BCUT2D eigenvalue weighted by molar-refractivity contribution is 9.11. The van der Waals surface area contributed by atoms with Crippen LogP contribution in [0.3, 0.4) is 0 Å². The summed E-state index contributed by atoms with van der Waals surface area (Å²) in [4.78, 5) is 15.9. The van der Waals surface area contributed by atoms with Crippen molar-refractivity contribution in [3.8, 4) is 0 Å². The van der Waals surface area contributed by atoms with Crippen molar-refractivity contribution in [2.75, 3.05) is 20.7 Å². The Balaban J connectivity index is 3.14. The predicted octanol–water partition coefficient (Wildman–Crippen LogP) is 2.23. The molecule has 0 radical (unpaired) electrons. The van der Waals surface area contributed by atoms with Crippen LogP contribution in [-0.4, -0.2) is 43.5 Å². The van der Waals surface area contributed by atoms with Gasteiger partial charge in [0.15, 0.2) is 0 Å². The van der Waals surface area contributed by atoms with Gasteiger partial charge in [0, 0.05) is 11.5 Å². The van der Waals surface area contributed by atoms with E-state index in [9.17, 15) is 18.0 Å². The highest BCUT2D eigenvalue weighted by Gasteiger charge is 2.42. The van der Waals surface area contributed by atoms with Crippen molar-refractivity contribution in [1.82, 2.24) is 4.90 Å². The third kappa shape index (κ3) is 3.59. The lowest BCUT2D eigenvalue weighted by molar-refractivity contribution is -0.137. The minimum absolute atomic E-state index is 0.0379. The molecule has 0 aromatic carbocycles. The fraction of sp³-hybridized carbons (Fsp3) is 0.400. The zero-order valence-corrected chi connectivity index (χ0v) is 11.2. The molecule has 0 saturated heterocycles. The summed E-state index contributed by atoms with van der Waals surface area (Å²) in [6, 6.07) is 0. The van der Waals surface area contributed by atoms with Crippen molar-refractivity contribution < 1.29 is 22.7 Å². The lowest BCUT2D eigenvalue weighted by Crippen LogP contribution is -2.33. The first-order valence-electron chi connectivity index (χ1n) is 4.77. The number of aliphatic imine (C=N–C) groups is 1. The molecule has 1 rings (SSSR count). The lowest BCUT2D eigenvalue weighted by atomic mass is 10.3. The summed E-state index contributed by atoms with van der Waals surface area (Å²) in [5.74, 6) is -1.47. The second-order valence-electron chi connectivity index (χ2n) is 3.44. The molecular weight excluding hydrogens is 317 g/mol. The average Bonchev–Trinajstić information content (AvgIpc) is 2.25. The molecule has 100 valence electrons. The number of methoxy groups -OCH3 is 1. The fourth-order valence-corrected chi connectivity index (χ4v) is 1.72. The van der Waals surface area contributed by atoms with Gasteiger partial charge in [-0.05, 0) is 12.2 Å². The Hall–Kier alpha value is -1.31. The van der Waals surface area contributed by atoms with E-state index in [1.165, 1.54) is 11.0 Å². The summed E-state index contributed by atoms with van der Waals surface area (Å²) in [6.45, 7) is 0.377. The van der Waals surface area contributed by atoms with Crippen LogP contribution in [0.25, 0.3) is 0 Å². The van der Waals surface area contributed by atoms with Gasteiger partial charge in [-0.2, -0.15) is 13.2 Å². The van der Waals surface area contributed by atoms with Crippen molar-refractivity contribution in [2.24, 2.45) is 4.99 Å². The van der Waals surface area contributed by atoms with Crippen LogP contribution in [0.5, 0.6) is 0 Å². The minimum Gasteiger partial charge on any atom is -0.464 e. The van der Waals surface area contributed by atoms with E-state index in [4.69, 9.17) is 0 Å². The quantitative estimate of drug-likeness (QED) is 0.577. The number of carbonyl (C=O) groups is 1. The van der Waals surface area contributed by atoms with E-state index < -0.39 is 17.9 Å². The SMILES string of the molecule is COC(=O)/C(=N/C1=CC=C(Br)CN1C)C(F)(F)F. The summed E-state index contributed by atoms with van der Waals surface area (Å²) in [6.07, 6.45) is -1.90. The van der Waals surface area contributed by atoms with Gasteiger partial charge in [-0.1, -0.05) is 15.9 Å². The van der Waals surface area contributed by atoms with Crippen LogP contribution in [0, 0.1) is 0 Å². The maximum Gasteiger partial charge on any atom is 0.440 e. The molecule has 8 heteroatoms. The molecule has 0 atom stereocenters. The number of ether oxygens (including phenoxy) is 1. The molecule has 1 aliphatic heterocycles. The number of halogens is 4. The molecule has 0 N–H and O–H groups in total. The molecular formula is C10H10BrF3N2O2. The predicted molar refractivity (Wildman–Crippen MR) is 63.2 cm³/mol. The van der Waals surface area contributed by atoms with E-state index in [0.29, 0.717) is 6.54 Å². The summed E-state index contributed by atoms with van der Waals surface area (Å²) in [5.41, 5.74) is -1.57. The summed E-state index contributed by atoms with van der Waals surface area (Å²) >= 11 is 3.22. The van der Waals surface area contributed by atoms with Gasteiger partial charge in [-0.25, -0.2) is 9.79 Å². The van der Waals surface area contributed by atoms with E-state index in [-0.39, 0.29) is 5.82 Å². The van der Waals surface area contributed by atoms with Crippen LogP contribution in [0.1, 0.15) is 0 Å². The monoisotopic (exact) mass is 326 g/mol. The standard InChI is InChI=1S/C10H10BrF3N2O2/c1-16-5-6(11)3-4-7(16)15-8(9(17)18-2)10(12,13)14/h3-4H,5H2,1-2H3/b15-8-. The van der Waals surface area contributed by atoms with Crippen LogP contribution in [-0.2, 0) is 9.53 Å². The lowest BCUT2D eigenvalue weighted by Gasteiger charge is -2.22. The summed E-state index contributed by atoms with van der Waals surface area (Å²) < 4.78 is 42.7. The zero-order valence-electron chi connectivity index (χ0n) is 9.58. The Morgan fingerprint density at radius 1 is 1.50 bits per heavy atom. The van der Waals surface area contributed by atoms with Crippen LogP contribution in [0.15, 0.2) is 27.4 Å². The number of carbonyl (C=O) groups excluding carboxylic acids is 1. The van der Waals surface area contributed by atoms with E-state index in [2.05, 4.69) is 25.7 Å². The highest BCUT2D eigenvalue weighted by Crippen LogP contribution is 2.23. The summed E-state index contributed by atoms with van der Waals surface area (Å²) in [5, 5.41) is 0. The number of likely N-dealkylation sites (N-methyl/N-ethyl adjacent to an activating group) is 1. The maximum absolute atomic E-state index is 12.6. The molecule has 0 spiro atoms. The Labute approximate surface area is 110 Å². The molecule has 0 unspecified atom stereocenters. The van der Waals surface area contributed by atoms with E-state index in [0.717, 1.165) is 11.6 Å². The van der Waals surface area contributed by atoms with Crippen LogP contribution in [0.4, 0.5) is 13.2 Å². The first kappa shape index (κ1) is 14.7. The number of esters is 1. The number of hydrogen-bond donors (Lipinski definition) is 0. The molecule has 18 heavy (non-hydrogen) atoms. The largest absolute Gasteiger partial charge is 0.464 e. The van der Waals surface area contributed by atoms with Crippen LogP contribution in [0.2, 0.25) is 0 Å². The number of hydrogen-bond acceptors (Lipinski definition) is 4. The van der Waals surface area contributed by atoms with Crippen LogP contribution >= 0.6 is 15.9 Å². The van der Waals surface area contributed by atoms with Crippen molar-refractivity contribution in [3.63, 3.8) is 0 Å². The number of rotatable bonds is 2. The highest BCUT2D eigenvalue weighted by atomic mass is 79.9. The van der Waals surface area contributed by atoms with E-state index in [1.54, 1.807) is 13.1 Å². The molecule has 0 aromatic heterocycles. The molecule has 0 saturated carbocycles. The zero-order chi connectivity index (χ0) is 13.9. The number of allylic oxidation sites excluding steroid dienone is 2. The van der Waals surface area contributed by atoms with Crippen LogP contribution < -0.4 is 0 Å². The van der Waals surface area contributed by atoms with E-state index >= 15 is 0 Å². The second kappa shape index (κ2) is 5.55. The normalized spacial score (nSPS) is 17.2. The van der Waals surface area contributed by atoms with Gasteiger partial charge in [-0.15, -0.1) is 0 Å². The maximum atomic E-state index is 12.6. The van der Waals surface area contributed by atoms with E-state index in [1.807, 2.05) is 0 Å². The Bertz CT molecular complexity index is 441. The molecule has 0 bridgehead atoms. The van der Waals surface area contributed by atoms with Crippen molar-refractivity contribution in [2.45, 2.75) is 6.18 Å². The third-order valence-corrected chi connectivity index (χ3v) is 2.58. The van der Waals surface area contributed by atoms with Gasteiger partial charge in [0.2, 0.25) is 5.71 Å². The van der Waals surface area contributed by atoms with Crippen molar-refractivity contribution in [1.29, 1.82) is 0 Å². The third-order valence-electron chi connectivity index (χ3n) is 2.07. The van der Waals surface area contributed by atoms with Gasteiger partial charge in [0.25, 0.3) is 0 Å². The second-order valence-corrected chi connectivity index (χ2v) is 4.46. The molecule has 0 aromatic rings. The Kier molecular flexibility index (Phi) is 4.55.